The largest absolute Gasteiger partial charge is 0.431 e. The molecule has 0 spiro atoms. The lowest BCUT2D eigenvalue weighted by Crippen LogP contribution is -2.15. The first-order chi connectivity index (χ1) is 7.86. The predicted octanol–water partition coefficient (Wildman–Crippen LogP) is 0.668. The summed E-state index contributed by atoms with van der Waals surface area (Å²) in [7, 11) is 0. The van der Waals surface area contributed by atoms with Crippen LogP contribution < -0.4 is 0 Å². The highest BCUT2D eigenvalue weighted by atomic mass is 16.6. The van der Waals surface area contributed by atoms with Crippen LogP contribution >= 0.6 is 0 Å². The summed E-state index contributed by atoms with van der Waals surface area (Å²) in [5.74, 6) is -3.09. The lowest BCUT2D eigenvalue weighted by molar-refractivity contribution is -0.157. The Morgan fingerprint density at radius 3 is 2.24 bits per heavy atom. The second-order valence-electron chi connectivity index (χ2n) is 3.08. The summed E-state index contributed by atoms with van der Waals surface area (Å²) < 4.78 is 8.74. The lowest BCUT2D eigenvalue weighted by Gasteiger charge is -2.01. The molecule has 17 heavy (non-hydrogen) atoms. The molecule has 0 atom stereocenters. The Morgan fingerprint density at radius 1 is 1.18 bits per heavy atom. The van der Waals surface area contributed by atoms with Gasteiger partial charge in [-0.05, 0) is 13.8 Å². The molecule has 0 N–H and O–H groups in total. The quantitative estimate of drug-likeness (QED) is 0.304. The Hall–Kier alpha value is -2.24. The Labute approximate surface area is 97.9 Å². The predicted molar refractivity (Wildman–Crippen MR) is 56.4 cm³/mol. The molecule has 0 heterocycles. The van der Waals surface area contributed by atoms with Gasteiger partial charge >= 0.3 is 17.9 Å². The SMILES string of the molecule is C=CC(=O)OC=C(C)C(=O)OC(=O)CC(C)=O. The standard InChI is InChI=1S/C11H12O6/c1-4-9(13)16-6-7(2)11(15)17-10(14)5-8(3)12/h4,6H,1,5H2,2-3H3. The Balaban J connectivity index is 4.31. The molecule has 0 aliphatic heterocycles. The van der Waals surface area contributed by atoms with Gasteiger partial charge in [0.1, 0.15) is 18.5 Å². The number of hydrogen-bond acceptors (Lipinski definition) is 6. The van der Waals surface area contributed by atoms with Crippen LogP contribution in [0, 0.1) is 0 Å². The molecule has 0 unspecified atom stereocenters. The molecule has 0 aliphatic rings. The van der Waals surface area contributed by atoms with Gasteiger partial charge in [0.2, 0.25) is 0 Å². The molecule has 0 aromatic heterocycles. The van der Waals surface area contributed by atoms with Gasteiger partial charge in [0, 0.05) is 6.08 Å². The zero-order valence-corrected chi connectivity index (χ0v) is 9.52. The van der Waals surface area contributed by atoms with E-state index in [1.54, 1.807) is 0 Å². The van der Waals surface area contributed by atoms with Crippen LogP contribution in [0.2, 0.25) is 0 Å². The number of carbonyl (C=O) groups excluding carboxylic acids is 4. The van der Waals surface area contributed by atoms with Crippen molar-refractivity contribution in [3.8, 4) is 0 Å². The molecule has 0 aromatic carbocycles. The minimum atomic E-state index is -0.979. The molecule has 0 saturated heterocycles. The summed E-state index contributed by atoms with van der Waals surface area (Å²) in [6.45, 7) is 5.64. The summed E-state index contributed by atoms with van der Waals surface area (Å²) in [5.41, 5.74) is -0.0860. The van der Waals surface area contributed by atoms with Gasteiger partial charge in [-0.2, -0.15) is 0 Å². The van der Waals surface area contributed by atoms with Crippen molar-refractivity contribution in [2.24, 2.45) is 0 Å². The van der Waals surface area contributed by atoms with E-state index in [1.807, 2.05) is 0 Å². The van der Waals surface area contributed by atoms with E-state index in [4.69, 9.17) is 0 Å². The van der Waals surface area contributed by atoms with E-state index in [9.17, 15) is 19.2 Å². The van der Waals surface area contributed by atoms with E-state index in [0.717, 1.165) is 12.3 Å². The fourth-order valence-corrected chi connectivity index (χ4v) is 0.666. The Morgan fingerprint density at radius 2 is 1.76 bits per heavy atom. The number of Topliss-reactive ketones (excluding diaryl/α,β-unsaturated/α-hetero) is 1. The average molecular weight is 240 g/mol. The molecule has 0 saturated carbocycles. The summed E-state index contributed by atoms with van der Waals surface area (Å²) in [4.78, 5) is 43.4. The number of carbonyl (C=O) groups is 4. The molecule has 92 valence electrons. The Kier molecular flexibility index (Phi) is 6.17. The number of rotatable bonds is 5. The minimum Gasteiger partial charge on any atom is -0.431 e. The van der Waals surface area contributed by atoms with E-state index in [-0.39, 0.29) is 5.57 Å². The van der Waals surface area contributed by atoms with E-state index >= 15 is 0 Å². The van der Waals surface area contributed by atoms with E-state index < -0.39 is 30.1 Å². The zero-order valence-electron chi connectivity index (χ0n) is 9.52. The van der Waals surface area contributed by atoms with Gasteiger partial charge in [0.05, 0.1) is 5.57 Å². The highest BCUT2D eigenvalue weighted by molar-refractivity contribution is 6.01. The fraction of sp³-hybridized carbons (Fsp3) is 0.273. The second kappa shape index (κ2) is 7.10. The first-order valence-electron chi connectivity index (χ1n) is 4.61. The van der Waals surface area contributed by atoms with Crippen molar-refractivity contribution in [1.82, 2.24) is 0 Å². The topological polar surface area (TPSA) is 86.7 Å². The van der Waals surface area contributed by atoms with Crippen LogP contribution in [0.25, 0.3) is 0 Å². The smallest absolute Gasteiger partial charge is 0.344 e. The number of hydrogen-bond donors (Lipinski definition) is 0. The van der Waals surface area contributed by atoms with Gasteiger partial charge in [-0.15, -0.1) is 0 Å². The number of ketones is 1. The molecule has 0 aromatic rings. The highest BCUT2D eigenvalue weighted by Crippen LogP contribution is 2.00. The van der Waals surface area contributed by atoms with Crippen molar-refractivity contribution < 1.29 is 28.7 Å². The third-order valence-electron chi connectivity index (χ3n) is 1.44. The Bertz CT molecular complexity index is 391. The normalized spacial score (nSPS) is 10.4. The van der Waals surface area contributed by atoms with Gasteiger partial charge in [0.25, 0.3) is 0 Å². The van der Waals surface area contributed by atoms with E-state index in [1.165, 1.54) is 13.8 Å². The maximum Gasteiger partial charge on any atom is 0.344 e. The van der Waals surface area contributed by atoms with E-state index in [2.05, 4.69) is 16.1 Å². The van der Waals surface area contributed by atoms with Crippen molar-refractivity contribution in [2.45, 2.75) is 20.3 Å². The molecule has 6 heteroatoms. The molecule has 0 radical (unpaired) electrons. The summed E-state index contributed by atoms with van der Waals surface area (Å²) in [6.07, 6.45) is 1.27. The van der Waals surface area contributed by atoms with Gasteiger partial charge < -0.3 is 9.47 Å². The van der Waals surface area contributed by atoms with Crippen LogP contribution in [-0.2, 0) is 28.7 Å². The third-order valence-corrected chi connectivity index (χ3v) is 1.44. The van der Waals surface area contributed by atoms with Crippen molar-refractivity contribution in [2.75, 3.05) is 0 Å². The summed E-state index contributed by atoms with van der Waals surface area (Å²) in [6, 6.07) is 0. The van der Waals surface area contributed by atoms with Crippen LogP contribution in [-0.4, -0.2) is 23.7 Å². The first kappa shape index (κ1) is 14.8. The highest BCUT2D eigenvalue weighted by Gasteiger charge is 2.14. The average Bonchev–Trinajstić information content (AvgIpc) is 2.23. The van der Waals surface area contributed by atoms with Crippen LogP contribution in [0.3, 0.4) is 0 Å². The molecule has 0 rings (SSSR count). The zero-order chi connectivity index (χ0) is 13.4. The van der Waals surface area contributed by atoms with Crippen molar-refractivity contribution in [3.05, 3.63) is 24.5 Å². The minimum absolute atomic E-state index is 0.0860. The molecule has 0 fully saturated rings. The monoisotopic (exact) mass is 240 g/mol. The summed E-state index contributed by atoms with van der Waals surface area (Å²) >= 11 is 0. The molecule has 6 nitrogen and oxygen atoms in total. The molecule has 0 amide bonds. The number of esters is 3. The molecule has 0 aliphatic carbocycles. The van der Waals surface area contributed by atoms with Crippen molar-refractivity contribution >= 4 is 23.7 Å². The third kappa shape index (κ3) is 6.77. The lowest BCUT2D eigenvalue weighted by atomic mass is 10.3. The molecular weight excluding hydrogens is 228 g/mol. The molecule has 0 bridgehead atoms. The summed E-state index contributed by atoms with van der Waals surface area (Å²) in [5, 5.41) is 0. The van der Waals surface area contributed by atoms with Gasteiger partial charge in [-0.1, -0.05) is 6.58 Å². The van der Waals surface area contributed by atoms with Crippen LogP contribution in [0.1, 0.15) is 20.3 Å². The first-order valence-corrected chi connectivity index (χ1v) is 4.61. The number of ether oxygens (including phenoxy) is 2. The molecular formula is C11H12O6. The van der Waals surface area contributed by atoms with Gasteiger partial charge in [0.15, 0.2) is 0 Å². The van der Waals surface area contributed by atoms with Crippen LogP contribution in [0.5, 0.6) is 0 Å². The van der Waals surface area contributed by atoms with Crippen molar-refractivity contribution in [1.29, 1.82) is 0 Å². The second-order valence-corrected chi connectivity index (χ2v) is 3.08. The van der Waals surface area contributed by atoms with Crippen molar-refractivity contribution in [3.63, 3.8) is 0 Å². The van der Waals surface area contributed by atoms with E-state index in [0.29, 0.717) is 0 Å². The van der Waals surface area contributed by atoms with Crippen LogP contribution in [0.4, 0.5) is 0 Å². The maximum absolute atomic E-state index is 11.2. The van der Waals surface area contributed by atoms with Gasteiger partial charge in [-0.25, -0.2) is 9.59 Å². The fourth-order valence-electron chi connectivity index (χ4n) is 0.666. The van der Waals surface area contributed by atoms with Gasteiger partial charge in [-0.3, -0.25) is 9.59 Å². The van der Waals surface area contributed by atoms with Crippen LogP contribution in [0.15, 0.2) is 24.5 Å². The maximum atomic E-state index is 11.2.